The second-order valence-electron chi connectivity index (χ2n) is 6.06. The van der Waals surface area contributed by atoms with Crippen LogP contribution in [0.1, 0.15) is 17.3 Å². The minimum absolute atomic E-state index is 0.0672. The Morgan fingerprint density at radius 3 is 2.28 bits per heavy atom. The molecule has 0 aliphatic carbocycles. The van der Waals surface area contributed by atoms with Gasteiger partial charge in [-0.05, 0) is 49.4 Å². The second-order valence-corrected chi connectivity index (χ2v) is 7.00. The van der Waals surface area contributed by atoms with Gasteiger partial charge >= 0.3 is 0 Å². The lowest BCUT2D eigenvalue weighted by atomic mass is 10.1. The highest BCUT2D eigenvalue weighted by Gasteiger charge is 2.18. The molecule has 8 heteroatoms. The summed E-state index contributed by atoms with van der Waals surface area (Å²) in [5, 5.41) is 9.29. The van der Waals surface area contributed by atoms with Gasteiger partial charge in [-0.25, -0.2) is 0 Å². The Bertz CT molecular complexity index is 986. The van der Waals surface area contributed by atoms with E-state index in [2.05, 4.69) is 10.2 Å². The maximum Gasteiger partial charge on any atom is 0.191 e. The Hall–Kier alpha value is -3.00. The Morgan fingerprint density at radius 1 is 0.966 bits per heavy atom. The van der Waals surface area contributed by atoms with Crippen molar-refractivity contribution in [3.8, 4) is 28.6 Å². The van der Waals surface area contributed by atoms with E-state index in [4.69, 9.17) is 14.2 Å². The van der Waals surface area contributed by atoms with Gasteiger partial charge in [-0.15, -0.1) is 10.2 Å². The van der Waals surface area contributed by atoms with Crippen molar-refractivity contribution in [2.24, 2.45) is 0 Å². The molecule has 2 aromatic carbocycles. The number of rotatable bonds is 9. The van der Waals surface area contributed by atoms with Gasteiger partial charge in [-0.2, -0.15) is 0 Å². The topological polar surface area (TPSA) is 75.5 Å². The summed E-state index contributed by atoms with van der Waals surface area (Å²) in [6, 6.07) is 12.8. The van der Waals surface area contributed by atoms with Crippen LogP contribution in [0.3, 0.4) is 0 Å². The Balaban J connectivity index is 1.79. The smallest absolute Gasteiger partial charge is 0.191 e. The SMILES string of the molecule is CCn1c(SCC(=O)c2cc(OC)ccc2OC)nnc1-c1ccc(OC)cc1. The van der Waals surface area contributed by atoms with E-state index in [9.17, 15) is 4.79 Å². The molecular formula is C21H23N3O4S. The molecule has 0 fully saturated rings. The molecule has 0 amide bonds. The minimum Gasteiger partial charge on any atom is -0.497 e. The van der Waals surface area contributed by atoms with E-state index in [-0.39, 0.29) is 11.5 Å². The van der Waals surface area contributed by atoms with Gasteiger partial charge in [0.1, 0.15) is 17.2 Å². The van der Waals surface area contributed by atoms with Crippen molar-refractivity contribution in [1.29, 1.82) is 0 Å². The molecule has 7 nitrogen and oxygen atoms in total. The quantitative estimate of drug-likeness (QED) is 0.388. The first kappa shape index (κ1) is 20.7. The Labute approximate surface area is 174 Å². The number of methoxy groups -OCH3 is 3. The van der Waals surface area contributed by atoms with Crippen LogP contribution in [0.4, 0.5) is 0 Å². The molecule has 29 heavy (non-hydrogen) atoms. The standard InChI is InChI=1S/C21H23N3O4S/c1-5-24-20(14-6-8-15(26-2)9-7-14)22-23-21(24)29-13-18(25)17-12-16(27-3)10-11-19(17)28-4/h6-12H,5,13H2,1-4H3. The van der Waals surface area contributed by atoms with Crippen LogP contribution in [-0.4, -0.2) is 47.6 Å². The van der Waals surface area contributed by atoms with Gasteiger partial charge in [0.15, 0.2) is 16.8 Å². The van der Waals surface area contributed by atoms with Crippen LogP contribution >= 0.6 is 11.8 Å². The van der Waals surface area contributed by atoms with Gasteiger partial charge in [0.25, 0.3) is 0 Å². The van der Waals surface area contributed by atoms with E-state index in [0.29, 0.717) is 28.8 Å². The van der Waals surface area contributed by atoms with Gasteiger partial charge in [-0.3, -0.25) is 4.79 Å². The molecule has 0 aliphatic heterocycles. The summed E-state index contributed by atoms with van der Waals surface area (Å²) in [6.07, 6.45) is 0. The molecule has 0 aliphatic rings. The van der Waals surface area contributed by atoms with Crippen LogP contribution in [0.5, 0.6) is 17.2 Å². The zero-order valence-electron chi connectivity index (χ0n) is 16.8. The molecule has 3 aromatic rings. The summed E-state index contributed by atoms with van der Waals surface area (Å²) < 4.78 is 17.7. The summed E-state index contributed by atoms with van der Waals surface area (Å²) in [4.78, 5) is 12.8. The maximum atomic E-state index is 12.8. The lowest BCUT2D eigenvalue weighted by Gasteiger charge is -2.10. The molecule has 0 radical (unpaired) electrons. The van der Waals surface area contributed by atoms with Crippen molar-refractivity contribution < 1.29 is 19.0 Å². The highest BCUT2D eigenvalue weighted by molar-refractivity contribution is 7.99. The van der Waals surface area contributed by atoms with Gasteiger partial charge in [0.05, 0.1) is 32.6 Å². The molecule has 1 aromatic heterocycles. The first-order valence-corrected chi connectivity index (χ1v) is 10.1. The number of hydrogen-bond donors (Lipinski definition) is 0. The number of carbonyl (C=O) groups excluding carboxylic acids is 1. The summed E-state index contributed by atoms with van der Waals surface area (Å²) in [7, 11) is 4.74. The van der Waals surface area contributed by atoms with E-state index in [1.54, 1.807) is 39.5 Å². The Kier molecular flexibility index (Phi) is 6.77. The predicted octanol–water partition coefficient (Wildman–Crippen LogP) is 3.97. The molecule has 0 N–H and O–H groups in total. The summed E-state index contributed by atoms with van der Waals surface area (Å²) >= 11 is 1.35. The monoisotopic (exact) mass is 413 g/mol. The highest BCUT2D eigenvalue weighted by atomic mass is 32.2. The third-order valence-corrected chi connectivity index (χ3v) is 5.39. The molecule has 0 spiro atoms. The van der Waals surface area contributed by atoms with E-state index >= 15 is 0 Å². The zero-order chi connectivity index (χ0) is 20.8. The summed E-state index contributed by atoms with van der Waals surface area (Å²) in [6.45, 7) is 2.71. The van der Waals surface area contributed by atoms with E-state index in [0.717, 1.165) is 17.1 Å². The van der Waals surface area contributed by atoms with Crippen LogP contribution in [0.25, 0.3) is 11.4 Å². The fraction of sp³-hybridized carbons (Fsp3) is 0.286. The number of ketones is 1. The third kappa shape index (κ3) is 4.54. The first-order chi connectivity index (χ1) is 14.1. The number of ether oxygens (including phenoxy) is 3. The molecule has 3 rings (SSSR count). The highest BCUT2D eigenvalue weighted by Crippen LogP contribution is 2.29. The Morgan fingerprint density at radius 2 is 1.66 bits per heavy atom. The van der Waals surface area contributed by atoms with Crippen LogP contribution < -0.4 is 14.2 Å². The summed E-state index contributed by atoms with van der Waals surface area (Å²) in [5.41, 5.74) is 1.42. The fourth-order valence-electron chi connectivity index (χ4n) is 2.87. The second kappa shape index (κ2) is 9.47. The molecule has 0 unspecified atom stereocenters. The number of aromatic nitrogens is 3. The van der Waals surface area contributed by atoms with Crippen molar-refractivity contribution in [3.05, 3.63) is 48.0 Å². The van der Waals surface area contributed by atoms with Crippen LogP contribution in [0, 0.1) is 0 Å². The van der Waals surface area contributed by atoms with E-state index < -0.39 is 0 Å². The van der Waals surface area contributed by atoms with E-state index in [1.807, 2.05) is 35.8 Å². The van der Waals surface area contributed by atoms with Crippen molar-refractivity contribution in [2.75, 3.05) is 27.1 Å². The van der Waals surface area contributed by atoms with Crippen LogP contribution in [0.2, 0.25) is 0 Å². The number of carbonyl (C=O) groups is 1. The molecule has 1 heterocycles. The minimum atomic E-state index is -0.0672. The number of nitrogens with zero attached hydrogens (tertiary/aromatic N) is 3. The molecule has 152 valence electrons. The summed E-state index contributed by atoms with van der Waals surface area (Å²) in [5.74, 6) is 2.81. The number of hydrogen-bond acceptors (Lipinski definition) is 7. The number of Topliss-reactive ketones (excluding diaryl/α,β-unsaturated/α-hetero) is 1. The number of thioether (sulfide) groups is 1. The van der Waals surface area contributed by atoms with Crippen molar-refractivity contribution >= 4 is 17.5 Å². The van der Waals surface area contributed by atoms with Gasteiger partial charge in [0, 0.05) is 12.1 Å². The lowest BCUT2D eigenvalue weighted by molar-refractivity contribution is 0.101. The lowest BCUT2D eigenvalue weighted by Crippen LogP contribution is -2.07. The molecule has 0 atom stereocenters. The van der Waals surface area contributed by atoms with Crippen molar-refractivity contribution in [2.45, 2.75) is 18.6 Å². The normalized spacial score (nSPS) is 10.6. The first-order valence-electron chi connectivity index (χ1n) is 9.06. The number of benzene rings is 2. The van der Waals surface area contributed by atoms with Crippen LogP contribution in [0.15, 0.2) is 47.6 Å². The van der Waals surface area contributed by atoms with Gasteiger partial charge < -0.3 is 18.8 Å². The zero-order valence-corrected chi connectivity index (χ0v) is 17.7. The molecule has 0 bridgehead atoms. The average Bonchev–Trinajstić information content (AvgIpc) is 3.19. The van der Waals surface area contributed by atoms with Gasteiger partial charge in [0.2, 0.25) is 0 Å². The largest absolute Gasteiger partial charge is 0.497 e. The predicted molar refractivity (Wildman–Crippen MR) is 112 cm³/mol. The van der Waals surface area contributed by atoms with Crippen LogP contribution in [-0.2, 0) is 6.54 Å². The van der Waals surface area contributed by atoms with Gasteiger partial charge in [-0.1, -0.05) is 11.8 Å². The van der Waals surface area contributed by atoms with Crippen molar-refractivity contribution in [3.63, 3.8) is 0 Å². The fourth-order valence-corrected chi connectivity index (χ4v) is 3.76. The molecular weight excluding hydrogens is 390 g/mol. The van der Waals surface area contributed by atoms with E-state index in [1.165, 1.54) is 11.8 Å². The third-order valence-electron chi connectivity index (χ3n) is 4.42. The molecule has 0 saturated carbocycles. The van der Waals surface area contributed by atoms with Crippen molar-refractivity contribution in [1.82, 2.24) is 14.8 Å². The average molecular weight is 413 g/mol. The molecule has 0 saturated heterocycles. The maximum absolute atomic E-state index is 12.8.